The van der Waals surface area contributed by atoms with Gasteiger partial charge >= 0.3 is 0 Å². The van der Waals surface area contributed by atoms with Crippen LogP contribution in [0.5, 0.6) is 0 Å². The molecule has 2 aromatic rings. The molecule has 0 aliphatic carbocycles. The minimum atomic E-state index is -0.446. The Morgan fingerprint density at radius 1 is 1.26 bits per heavy atom. The number of carbonyl (C=O) groups excluding carboxylic acids is 1. The number of carbonyl (C=O) groups is 1. The highest BCUT2D eigenvalue weighted by Gasteiger charge is 2.27. The number of amides is 1. The molecule has 0 unspecified atom stereocenters. The monoisotopic (exact) mass is 423 g/mol. The minimum Gasteiger partial charge on any atom is -0.377 e. The number of aromatic nitrogens is 2. The second-order valence-corrected chi connectivity index (χ2v) is 8.10. The molecule has 0 radical (unpaired) electrons. The highest BCUT2D eigenvalue weighted by atomic mass is 16.5. The van der Waals surface area contributed by atoms with E-state index in [1.165, 1.54) is 5.57 Å². The van der Waals surface area contributed by atoms with Crippen molar-refractivity contribution in [1.29, 1.82) is 0 Å². The Hall–Kier alpha value is -2.81. The van der Waals surface area contributed by atoms with Crippen LogP contribution in [0.25, 0.3) is 11.1 Å². The fourth-order valence-corrected chi connectivity index (χ4v) is 3.90. The largest absolute Gasteiger partial charge is 0.377 e. The zero-order valence-electron chi connectivity index (χ0n) is 18.1. The molecule has 4 rings (SSSR count). The first-order valence-corrected chi connectivity index (χ1v) is 10.6. The summed E-state index contributed by atoms with van der Waals surface area (Å²) >= 11 is 0. The molecule has 0 bridgehead atoms. The molecule has 1 aromatic carbocycles. The summed E-state index contributed by atoms with van der Waals surface area (Å²) in [5.74, 6) is 0.190. The van der Waals surface area contributed by atoms with Crippen molar-refractivity contribution in [2.24, 2.45) is 5.73 Å². The third-order valence-corrected chi connectivity index (χ3v) is 5.55. The van der Waals surface area contributed by atoms with Crippen molar-refractivity contribution in [1.82, 2.24) is 14.9 Å². The maximum Gasteiger partial charge on any atom is 0.248 e. The van der Waals surface area contributed by atoms with Crippen molar-refractivity contribution < 1.29 is 14.3 Å². The molecular weight excluding hydrogens is 394 g/mol. The molecule has 3 heterocycles. The van der Waals surface area contributed by atoms with Crippen molar-refractivity contribution in [3.63, 3.8) is 0 Å². The Bertz CT molecular complexity index is 958. The van der Waals surface area contributed by atoms with Crippen molar-refractivity contribution in [3.8, 4) is 11.1 Å². The number of hydrogen-bond donors (Lipinski definition) is 1. The standard InChI is InChI=1S/C23H29N5O3/c1-27(2)23-25-12-19(17-5-7-18(8-6-17)22(24)29)21(26-23)20-14-28(9-11-31-20)13-16-4-3-10-30-15-16/h4-8,12,20H,3,9-11,13-15H2,1-2H3,(H2,24,29)/t20-/m1/s1. The third-order valence-electron chi connectivity index (χ3n) is 5.55. The van der Waals surface area contributed by atoms with Crippen molar-refractivity contribution >= 4 is 11.9 Å². The highest BCUT2D eigenvalue weighted by molar-refractivity contribution is 5.93. The molecule has 0 spiro atoms. The van der Waals surface area contributed by atoms with Crippen LogP contribution < -0.4 is 10.6 Å². The molecule has 2 aliphatic heterocycles. The van der Waals surface area contributed by atoms with Gasteiger partial charge in [-0.25, -0.2) is 9.97 Å². The fraction of sp³-hybridized carbons (Fsp3) is 0.435. The number of hydrogen-bond acceptors (Lipinski definition) is 7. The molecule has 2 aliphatic rings. The normalized spacial score (nSPS) is 19.7. The molecule has 1 aromatic heterocycles. The molecule has 31 heavy (non-hydrogen) atoms. The summed E-state index contributed by atoms with van der Waals surface area (Å²) in [5, 5.41) is 0. The number of benzene rings is 1. The van der Waals surface area contributed by atoms with Gasteiger partial charge in [-0.1, -0.05) is 18.2 Å². The number of nitrogens with zero attached hydrogens (tertiary/aromatic N) is 4. The number of morpholine rings is 1. The molecule has 8 heteroatoms. The molecular formula is C23H29N5O3. The van der Waals surface area contributed by atoms with Crippen molar-refractivity contribution in [3.05, 3.63) is 53.4 Å². The van der Waals surface area contributed by atoms with E-state index in [9.17, 15) is 4.79 Å². The van der Waals surface area contributed by atoms with Crippen LogP contribution in [0.4, 0.5) is 5.95 Å². The fourth-order valence-electron chi connectivity index (χ4n) is 3.90. The van der Waals surface area contributed by atoms with Gasteiger partial charge in [0.2, 0.25) is 11.9 Å². The van der Waals surface area contributed by atoms with Crippen LogP contribution in [0.2, 0.25) is 0 Å². The van der Waals surface area contributed by atoms with Crippen LogP contribution in [0, 0.1) is 0 Å². The van der Waals surface area contributed by atoms with Crippen LogP contribution in [0.15, 0.2) is 42.1 Å². The first-order valence-electron chi connectivity index (χ1n) is 10.6. The Labute approximate surface area is 182 Å². The van der Waals surface area contributed by atoms with Gasteiger partial charge in [0.05, 0.1) is 25.5 Å². The number of primary amides is 1. The van der Waals surface area contributed by atoms with E-state index < -0.39 is 5.91 Å². The van der Waals surface area contributed by atoms with E-state index in [0.29, 0.717) is 24.7 Å². The van der Waals surface area contributed by atoms with Crippen LogP contribution >= 0.6 is 0 Å². The summed E-state index contributed by atoms with van der Waals surface area (Å²) in [6.45, 7) is 4.66. The summed E-state index contributed by atoms with van der Waals surface area (Å²) in [4.78, 5) is 25.1. The molecule has 0 saturated carbocycles. The van der Waals surface area contributed by atoms with E-state index in [4.69, 9.17) is 20.2 Å². The maximum atomic E-state index is 11.4. The van der Waals surface area contributed by atoms with Gasteiger partial charge in [-0.15, -0.1) is 0 Å². The smallest absolute Gasteiger partial charge is 0.248 e. The zero-order valence-corrected chi connectivity index (χ0v) is 18.1. The molecule has 1 saturated heterocycles. The van der Waals surface area contributed by atoms with Crippen LogP contribution in [0.3, 0.4) is 0 Å². The number of anilines is 1. The summed E-state index contributed by atoms with van der Waals surface area (Å²) in [6, 6.07) is 7.21. The summed E-state index contributed by atoms with van der Waals surface area (Å²) in [6.07, 6.45) is 4.92. The summed E-state index contributed by atoms with van der Waals surface area (Å²) < 4.78 is 11.8. The summed E-state index contributed by atoms with van der Waals surface area (Å²) in [5.41, 5.74) is 9.86. The SMILES string of the molecule is CN(C)c1ncc(-c2ccc(C(N)=O)cc2)c([C@H]2CN(CC3=CCCOC3)CCO2)n1. The quantitative estimate of drug-likeness (QED) is 0.711. The van der Waals surface area contributed by atoms with E-state index in [0.717, 1.165) is 49.5 Å². The predicted octanol–water partition coefficient (Wildman–Crippen LogP) is 2.03. The van der Waals surface area contributed by atoms with E-state index >= 15 is 0 Å². The lowest BCUT2D eigenvalue weighted by atomic mass is 10.00. The average molecular weight is 424 g/mol. The zero-order chi connectivity index (χ0) is 21.8. The van der Waals surface area contributed by atoms with Gasteiger partial charge in [0.25, 0.3) is 0 Å². The lowest BCUT2D eigenvalue weighted by molar-refractivity contribution is -0.0299. The lowest BCUT2D eigenvalue weighted by Gasteiger charge is -2.34. The molecule has 8 nitrogen and oxygen atoms in total. The van der Waals surface area contributed by atoms with Gasteiger partial charge in [0, 0.05) is 51.1 Å². The molecule has 1 atom stereocenters. The van der Waals surface area contributed by atoms with E-state index in [2.05, 4.69) is 16.0 Å². The molecule has 164 valence electrons. The second-order valence-electron chi connectivity index (χ2n) is 8.10. The van der Waals surface area contributed by atoms with Gasteiger partial charge in [-0.05, 0) is 29.7 Å². The van der Waals surface area contributed by atoms with Gasteiger partial charge in [0.15, 0.2) is 0 Å². The minimum absolute atomic E-state index is 0.175. The van der Waals surface area contributed by atoms with Gasteiger partial charge in [0.1, 0.15) is 6.10 Å². The predicted molar refractivity (Wildman–Crippen MR) is 119 cm³/mol. The second kappa shape index (κ2) is 9.55. The van der Waals surface area contributed by atoms with Crippen molar-refractivity contribution in [2.75, 3.05) is 58.5 Å². The van der Waals surface area contributed by atoms with Crippen molar-refractivity contribution in [2.45, 2.75) is 12.5 Å². The van der Waals surface area contributed by atoms with Gasteiger partial charge in [-0.3, -0.25) is 9.69 Å². The van der Waals surface area contributed by atoms with E-state index in [-0.39, 0.29) is 6.10 Å². The Morgan fingerprint density at radius 3 is 2.74 bits per heavy atom. The summed E-state index contributed by atoms with van der Waals surface area (Å²) in [7, 11) is 3.84. The number of nitrogens with two attached hydrogens (primary N) is 1. The third kappa shape index (κ3) is 5.10. The van der Waals surface area contributed by atoms with Crippen LogP contribution in [-0.4, -0.2) is 74.3 Å². The van der Waals surface area contributed by atoms with E-state index in [1.807, 2.05) is 37.3 Å². The average Bonchev–Trinajstić information content (AvgIpc) is 2.79. The van der Waals surface area contributed by atoms with Crippen LogP contribution in [-0.2, 0) is 9.47 Å². The Morgan fingerprint density at radius 2 is 2.06 bits per heavy atom. The Balaban J connectivity index is 1.62. The first-order chi connectivity index (χ1) is 15.0. The maximum absolute atomic E-state index is 11.4. The molecule has 1 fully saturated rings. The van der Waals surface area contributed by atoms with Gasteiger partial charge < -0.3 is 20.1 Å². The number of rotatable bonds is 6. The first kappa shape index (κ1) is 21.4. The van der Waals surface area contributed by atoms with Crippen LogP contribution in [0.1, 0.15) is 28.6 Å². The van der Waals surface area contributed by atoms with Gasteiger partial charge in [-0.2, -0.15) is 0 Å². The molecule has 2 N–H and O–H groups in total. The lowest BCUT2D eigenvalue weighted by Crippen LogP contribution is -2.40. The molecule has 1 amide bonds. The van der Waals surface area contributed by atoms with E-state index in [1.54, 1.807) is 12.1 Å². The highest BCUT2D eigenvalue weighted by Crippen LogP contribution is 2.32. The topological polar surface area (TPSA) is 93.8 Å². The number of ether oxygens (including phenoxy) is 2. The Kier molecular flexibility index (Phi) is 6.60.